The molecule has 1 fully saturated rings. The van der Waals surface area contributed by atoms with Crippen molar-refractivity contribution in [2.24, 2.45) is 0 Å². The van der Waals surface area contributed by atoms with E-state index in [0.717, 1.165) is 5.69 Å². The second kappa shape index (κ2) is 10.8. The summed E-state index contributed by atoms with van der Waals surface area (Å²) in [6.45, 7) is 2.51. The molecule has 0 unspecified atom stereocenters. The summed E-state index contributed by atoms with van der Waals surface area (Å²) in [6.07, 6.45) is 0. The van der Waals surface area contributed by atoms with Gasteiger partial charge in [0.25, 0.3) is 5.91 Å². The number of ether oxygens (including phenoxy) is 3. The summed E-state index contributed by atoms with van der Waals surface area (Å²) >= 11 is 17.6. The molecule has 2 N–H and O–H groups in total. The van der Waals surface area contributed by atoms with E-state index in [0.29, 0.717) is 37.6 Å². The predicted molar refractivity (Wildman–Crippen MR) is 128 cm³/mol. The van der Waals surface area contributed by atoms with Crippen molar-refractivity contribution in [1.82, 2.24) is 5.32 Å². The summed E-state index contributed by atoms with van der Waals surface area (Å²) in [5, 5.41) is 6.03. The van der Waals surface area contributed by atoms with Crippen molar-refractivity contribution in [2.75, 3.05) is 50.7 Å². The van der Waals surface area contributed by atoms with Gasteiger partial charge in [0.2, 0.25) is 0 Å². The number of anilines is 2. The lowest BCUT2D eigenvalue weighted by Gasteiger charge is -2.31. The van der Waals surface area contributed by atoms with Gasteiger partial charge in [-0.1, -0.05) is 23.2 Å². The zero-order valence-corrected chi connectivity index (χ0v) is 19.7. The number of rotatable bonds is 5. The minimum absolute atomic E-state index is 0.0367. The Kier molecular flexibility index (Phi) is 8.14. The fourth-order valence-electron chi connectivity index (χ4n) is 3.18. The molecule has 3 rings (SSSR count). The topological polar surface area (TPSA) is 89.1 Å². The zero-order chi connectivity index (χ0) is 23.3. The van der Waals surface area contributed by atoms with Crippen molar-refractivity contribution in [2.45, 2.75) is 0 Å². The lowest BCUT2D eigenvalue weighted by molar-refractivity contribution is 0.0600. The fraction of sp³-hybridized carbons (Fsp3) is 0.286. The van der Waals surface area contributed by atoms with Crippen LogP contribution in [-0.2, 0) is 9.47 Å². The van der Waals surface area contributed by atoms with Crippen LogP contribution in [0.4, 0.5) is 11.4 Å². The van der Waals surface area contributed by atoms with Crippen LogP contribution in [0.5, 0.6) is 5.75 Å². The van der Waals surface area contributed by atoms with E-state index in [2.05, 4.69) is 15.5 Å². The first kappa shape index (κ1) is 24.1. The highest BCUT2D eigenvalue weighted by Crippen LogP contribution is 2.34. The molecule has 0 radical (unpaired) electrons. The van der Waals surface area contributed by atoms with E-state index in [1.54, 1.807) is 18.2 Å². The molecular formula is C21H21Cl2N3O5S. The number of morpholine rings is 1. The van der Waals surface area contributed by atoms with Gasteiger partial charge in [0, 0.05) is 18.7 Å². The normalized spacial score (nSPS) is 13.3. The number of nitrogens with zero attached hydrogens (tertiary/aromatic N) is 1. The Labute approximate surface area is 200 Å². The van der Waals surface area contributed by atoms with Gasteiger partial charge in [0.1, 0.15) is 0 Å². The molecule has 0 aromatic heterocycles. The maximum absolute atomic E-state index is 12.7. The Morgan fingerprint density at radius 2 is 1.72 bits per heavy atom. The van der Waals surface area contributed by atoms with Gasteiger partial charge in [0.15, 0.2) is 10.9 Å². The minimum Gasteiger partial charge on any atom is -0.494 e. The number of thiocarbonyl (C=S) groups is 1. The van der Waals surface area contributed by atoms with Gasteiger partial charge >= 0.3 is 5.97 Å². The molecule has 1 aliphatic heterocycles. The Hall–Kier alpha value is -2.59. The quantitative estimate of drug-likeness (QED) is 0.476. The first-order chi connectivity index (χ1) is 15.3. The average molecular weight is 498 g/mol. The van der Waals surface area contributed by atoms with Gasteiger partial charge in [-0.05, 0) is 42.5 Å². The van der Waals surface area contributed by atoms with Gasteiger partial charge in [-0.15, -0.1) is 0 Å². The molecule has 0 aliphatic carbocycles. The molecule has 0 spiro atoms. The molecule has 1 amide bonds. The van der Waals surface area contributed by atoms with Crippen LogP contribution in [0.3, 0.4) is 0 Å². The van der Waals surface area contributed by atoms with Crippen LogP contribution in [0.15, 0.2) is 30.3 Å². The summed E-state index contributed by atoms with van der Waals surface area (Å²) < 4.78 is 15.3. The lowest BCUT2D eigenvalue weighted by atomic mass is 10.1. The van der Waals surface area contributed by atoms with E-state index in [1.807, 2.05) is 0 Å². The number of hydrogen-bond acceptors (Lipinski definition) is 7. The van der Waals surface area contributed by atoms with E-state index in [4.69, 9.17) is 49.6 Å². The summed E-state index contributed by atoms with van der Waals surface area (Å²) in [4.78, 5) is 26.8. The molecule has 8 nitrogen and oxygen atoms in total. The number of amides is 1. The van der Waals surface area contributed by atoms with Crippen molar-refractivity contribution in [1.29, 1.82) is 0 Å². The van der Waals surface area contributed by atoms with E-state index in [-0.39, 0.29) is 26.5 Å². The molecule has 1 heterocycles. The van der Waals surface area contributed by atoms with Crippen LogP contribution in [0.1, 0.15) is 20.7 Å². The van der Waals surface area contributed by atoms with Crippen LogP contribution >= 0.6 is 35.4 Å². The zero-order valence-electron chi connectivity index (χ0n) is 17.4. The van der Waals surface area contributed by atoms with E-state index in [9.17, 15) is 9.59 Å². The molecule has 0 saturated carbocycles. The van der Waals surface area contributed by atoms with Gasteiger partial charge in [-0.3, -0.25) is 10.1 Å². The first-order valence-corrected chi connectivity index (χ1v) is 10.7. The second-order valence-electron chi connectivity index (χ2n) is 6.70. The molecule has 2 aromatic rings. The maximum Gasteiger partial charge on any atom is 0.337 e. The Bertz CT molecular complexity index is 1020. The molecule has 0 bridgehead atoms. The van der Waals surface area contributed by atoms with Gasteiger partial charge in [-0.25, -0.2) is 4.79 Å². The third kappa shape index (κ3) is 5.60. The van der Waals surface area contributed by atoms with E-state index in [1.165, 1.54) is 26.4 Å². The largest absolute Gasteiger partial charge is 0.494 e. The number of benzene rings is 2. The van der Waals surface area contributed by atoms with Gasteiger partial charge < -0.3 is 24.4 Å². The SMILES string of the molecule is COC(=O)c1ccc(N2CCOCC2)c(NC(=S)NC(=O)c2cc(Cl)c(OC)c(Cl)c2)c1. The van der Waals surface area contributed by atoms with E-state index < -0.39 is 11.9 Å². The highest BCUT2D eigenvalue weighted by molar-refractivity contribution is 7.80. The van der Waals surface area contributed by atoms with Gasteiger partial charge in [-0.2, -0.15) is 0 Å². The monoisotopic (exact) mass is 497 g/mol. The molecule has 11 heteroatoms. The molecule has 32 heavy (non-hydrogen) atoms. The Morgan fingerprint density at radius 3 is 2.31 bits per heavy atom. The predicted octanol–water partition coefficient (Wildman–Crippen LogP) is 3.75. The van der Waals surface area contributed by atoms with Crippen LogP contribution in [0.25, 0.3) is 0 Å². The number of nitrogens with one attached hydrogen (secondary N) is 2. The molecule has 170 valence electrons. The van der Waals surface area contributed by atoms with Crippen molar-refractivity contribution in [3.63, 3.8) is 0 Å². The number of carbonyl (C=O) groups excluding carboxylic acids is 2. The number of carbonyl (C=O) groups is 2. The third-order valence-corrected chi connectivity index (χ3v) is 5.47. The summed E-state index contributed by atoms with van der Waals surface area (Å²) in [6, 6.07) is 7.96. The first-order valence-electron chi connectivity index (χ1n) is 9.54. The number of methoxy groups -OCH3 is 2. The van der Waals surface area contributed by atoms with Crippen LogP contribution in [-0.4, -0.2) is 57.5 Å². The lowest BCUT2D eigenvalue weighted by Crippen LogP contribution is -2.38. The van der Waals surface area contributed by atoms with Crippen molar-refractivity contribution in [3.05, 3.63) is 51.5 Å². The number of hydrogen-bond donors (Lipinski definition) is 2. The molecule has 1 aliphatic rings. The van der Waals surface area contributed by atoms with E-state index >= 15 is 0 Å². The molecule has 0 atom stereocenters. The van der Waals surface area contributed by atoms with Crippen LogP contribution in [0.2, 0.25) is 10.0 Å². The smallest absolute Gasteiger partial charge is 0.337 e. The Balaban J connectivity index is 1.81. The Morgan fingerprint density at radius 1 is 1.06 bits per heavy atom. The third-order valence-electron chi connectivity index (χ3n) is 4.71. The number of halogens is 2. The average Bonchev–Trinajstić information content (AvgIpc) is 2.78. The fourth-order valence-corrected chi connectivity index (χ4v) is 4.02. The summed E-state index contributed by atoms with van der Waals surface area (Å²) in [7, 11) is 2.74. The highest BCUT2D eigenvalue weighted by atomic mass is 35.5. The van der Waals surface area contributed by atoms with Crippen molar-refractivity contribution in [3.8, 4) is 5.75 Å². The van der Waals surface area contributed by atoms with Crippen LogP contribution in [0, 0.1) is 0 Å². The molecule has 2 aromatic carbocycles. The highest BCUT2D eigenvalue weighted by Gasteiger charge is 2.19. The number of esters is 1. The maximum atomic E-state index is 12.7. The summed E-state index contributed by atoms with van der Waals surface area (Å²) in [5.74, 6) is -0.717. The standard InChI is InChI=1S/C21H21Cl2N3O5S/c1-29-18-14(22)9-13(10-15(18)23)19(27)25-21(32)24-16-11-12(20(28)30-2)3-4-17(16)26-5-7-31-8-6-26/h3-4,9-11H,5-8H2,1-2H3,(H2,24,25,27,32). The van der Waals surface area contributed by atoms with Gasteiger partial charge in [0.05, 0.1) is 54.4 Å². The van der Waals surface area contributed by atoms with Crippen LogP contribution < -0.4 is 20.3 Å². The minimum atomic E-state index is -0.508. The summed E-state index contributed by atoms with van der Waals surface area (Å²) in [5.41, 5.74) is 1.91. The van der Waals surface area contributed by atoms with Crippen molar-refractivity contribution < 1.29 is 23.8 Å². The molecule has 1 saturated heterocycles. The molecular weight excluding hydrogens is 477 g/mol. The second-order valence-corrected chi connectivity index (χ2v) is 7.93. The van der Waals surface area contributed by atoms with Crippen molar-refractivity contribution >= 4 is 63.8 Å².